The van der Waals surface area contributed by atoms with Crippen molar-refractivity contribution in [3.8, 4) is 11.4 Å². The van der Waals surface area contributed by atoms with Crippen LogP contribution in [0.25, 0.3) is 22.3 Å². The van der Waals surface area contributed by atoms with Gasteiger partial charge in [0, 0.05) is 48.9 Å². The molecule has 2 aliphatic heterocycles. The summed E-state index contributed by atoms with van der Waals surface area (Å²) in [4.78, 5) is 24.7. The average Bonchev–Trinajstić information content (AvgIpc) is 3.24. The van der Waals surface area contributed by atoms with Gasteiger partial charge in [-0.05, 0) is 68.5 Å². The van der Waals surface area contributed by atoms with Crippen LogP contribution in [0.1, 0.15) is 63.6 Å². The van der Waals surface area contributed by atoms with E-state index < -0.39 is 17.9 Å². The molecule has 2 aromatic heterocycles. The van der Waals surface area contributed by atoms with E-state index in [-0.39, 0.29) is 11.7 Å². The van der Waals surface area contributed by atoms with Crippen LogP contribution in [0.2, 0.25) is 0 Å². The Morgan fingerprint density at radius 3 is 2.50 bits per heavy atom. The number of rotatable bonds is 4. The Hall–Kier alpha value is -3.66. The first-order valence-electron chi connectivity index (χ1n) is 13.5. The number of aromatic nitrogens is 4. The normalized spacial score (nSPS) is 18.9. The molecule has 0 bridgehead atoms. The lowest BCUT2D eigenvalue weighted by Gasteiger charge is -2.27. The fourth-order valence-electron chi connectivity index (χ4n) is 5.90. The van der Waals surface area contributed by atoms with Gasteiger partial charge in [0.1, 0.15) is 11.9 Å². The summed E-state index contributed by atoms with van der Waals surface area (Å²) >= 11 is 0. The molecule has 2 aromatic carbocycles. The van der Waals surface area contributed by atoms with Crippen molar-refractivity contribution in [2.45, 2.75) is 64.5 Å². The number of carbonyl (C=O) groups is 1. The van der Waals surface area contributed by atoms with Crippen molar-refractivity contribution in [1.82, 2.24) is 24.6 Å². The molecule has 40 heavy (non-hydrogen) atoms. The molecule has 4 heterocycles. The average molecular weight is 552 g/mol. The first-order valence-corrected chi connectivity index (χ1v) is 13.5. The number of fused-ring (bicyclic) bond motifs is 2. The first kappa shape index (κ1) is 26.6. The molecule has 1 unspecified atom stereocenters. The molecular weight excluding hydrogens is 522 g/mol. The molecule has 1 atom stereocenters. The van der Waals surface area contributed by atoms with Crippen LogP contribution in [0.15, 0.2) is 42.6 Å². The number of Topliss-reactive ketones (excluding diaryl/α,β-unsaturated/α-hetero) is 1. The van der Waals surface area contributed by atoms with Gasteiger partial charge in [-0.1, -0.05) is 12.1 Å². The zero-order chi connectivity index (χ0) is 28.2. The highest BCUT2D eigenvalue weighted by Gasteiger charge is 2.34. The minimum atomic E-state index is -4.43. The summed E-state index contributed by atoms with van der Waals surface area (Å²) in [5.74, 6) is 0.154. The predicted molar refractivity (Wildman–Crippen MR) is 143 cm³/mol. The molecule has 10 heteroatoms. The number of likely N-dealkylation sites (tertiary alicyclic amines) is 1. The largest absolute Gasteiger partial charge is 0.416 e. The van der Waals surface area contributed by atoms with Gasteiger partial charge in [0.15, 0.2) is 11.6 Å². The van der Waals surface area contributed by atoms with Crippen LogP contribution in [0.5, 0.6) is 0 Å². The second-order valence-corrected chi connectivity index (χ2v) is 10.8. The molecule has 2 aliphatic rings. The Balaban J connectivity index is 1.23. The van der Waals surface area contributed by atoms with Crippen LogP contribution in [0, 0.1) is 13.8 Å². The van der Waals surface area contributed by atoms with E-state index in [1.807, 2.05) is 36.7 Å². The molecule has 208 valence electrons. The number of halogens is 4. The van der Waals surface area contributed by atoms with E-state index in [1.54, 1.807) is 0 Å². The summed E-state index contributed by atoms with van der Waals surface area (Å²) in [5, 5.41) is 5.06. The smallest absolute Gasteiger partial charge is 0.297 e. The first-order chi connectivity index (χ1) is 19.1. The Kier molecular flexibility index (Phi) is 6.68. The Morgan fingerprint density at radius 1 is 1.00 bits per heavy atom. The van der Waals surface area contributed by atoms with Gasteiger partial charge in [-0.2, -0.15) is 18.3 Å². The number of aryl methyl sites for hydroxylation is 2. The fraction of sp³-hybridized carbons (Fsp3) is 0.400. The maximum Gasteiger partial charge on any atom is 0.416 e. The molecule has 1 fully saturated rings. The molecule has 0 amide bonds. The molecule has 0 saturated carbocycles. The van der Waals surface area contributed by atoms with Crippen molar-refractivity contribution in [3.63, 3.8) is 0 Å². The summed E-state index contributed by atoms with van der Waals surface area (Å²) < 4.78 is 54.5. The van der Waals surface area contributed by atoms with Gasteiger partial charge in [-0.15, -0.1) is 0 Å². The predicted octanol–water partition coefficient (Wildman–Crippen LogP) is 6.43. The van der Waals surface area contributed by atoms with Crippen molar-refractivity contribution in [1.29, 1.82) is 0 Å². The number of hydrogen-bond donors (Lipinski definition) is 0. The maximum absolute atomic E-state index is 13.7. The van der Waals surface area contributed by atoms with E-state index in [0.29, 0.717) is 67.9 Å². The number of carbonyl (C=O) groups excluding carboxylic acids is 1. The van der Waals surface area contributed by atoms with Gasteiger partial charge in [-0.3, -0.25) is 14.4 Å². The number of benzene rings is 2. The number of ketones is 1. The minimum Gasteiger partial charge on any atom is -0.297 e. The number of nitrogens with zero attached hydrogens (tertiary/aromatic N) is 5. The van der Waals surface area contributed by atoms with E-state index in [9.17, 15) is 22.4 Å². The lowest BCUT2D eigenvalue weighted by Crippen LogP contribution is -2.34. The third-order valence-electron chi connectivity index (χ3n) is 8.17. The molecule has 4 aromatic rings. The van der Waals surface area contributed by atoms with Crippen molar-refractivity contribution >= 4 is 16.7 Å². The fourth-order valence-corrected chi connectivity index (χ4v) is 5.90. The Morgan fingerprint density at radius 2 is 1.77 bits per heavy atom. The van der Waals surface area contributed by atoms with E-state index in [1.165, 1.54) is 12.3 Å². The van der Waals surface area contributed by atoms with Gasteiger partial charge >= 0.3 is 6.18 Å². The highest BCUT2D eigenvalue weighted by Crippen LogP contribution is 2.36. The summed E-state index contributed by atoms with van der Waals surface area (Å²) in [7, 11) is 0. The van der Waals surface area contributed by atoms with E-state index >= 15 is 0 Å². The monoisotopic (exact) mass is 551 g/mol. The molecular formula is C30H29F4N5O. The zero-order valence-electron chi connectivity index (χ0n) is 22.3. The minimum absolute atomic E-state index is 0.0447. The Labute approximate surface area is 229 Å². The van der Waals surface area contributed by atoms with Crippen molar-refractivity contribution in [3.05, 3.63) is 76.2 Å². The van der Waals surface area contributed by atoms with Gasteiger partial charge in [0.25, 0.3) is 0 Å². The summed E-state index contributed by atoms with van der Waals surface area (Å²) in [6.45, 7) is 6.53. The summed E-state index contributed by atoms with van der Waals surface area (Å²) in [6, 6.07) is 9.13. The van der Waals surface area contributed by atoms with Gasteiger partial charge in [0.2, 0.25) is 0 Å². The quantitative estimate of drug-likeness (QED) is 0.274. The van der Waals surface area contributed by atoms with Crippen molar-refractivity contribution in [2.75, 3.05) is 13.1 Å². The molecule has 0 N–H and O–H groups in total. The number of alkyl halides is 4. The van der Waals surface area contributed by atoms with E-state index in [0.717, 1.165) is 40.1 Å². The number of hydrogen-bond acceptors (Lipinski definition) is 5. The van der Waals surface area contributed by atoms with Crippen LogP contribution >= 0.6 is 0 Å². The van der Waals surface area contributed by atoms with Gasteiger partial charge < -0.3 is 0 Å². The summed E-state index contributed by atoms with van der Waals surface area (Å²) in [5.41, 5.74) is 4.69. The lowest BCUT2D eigenvalue weighted by atomic mass is 9.84. The highest BCUT2D eigenvalue weighted by atomic mass is 19.4. The van der Waals surface area contributed by atoms with Gasteiger partial charge in [-0.25, -0.2) is 14.4 Å². The molecule has 6 nitrogen and oxygen atoms in total. The van der Waals surface area contributed by atoms with Crippen LogP contribution in [0.3, 0.4) is 0 Å². The second kappa shape index (κ2) is 10.1. The van der Waals surface area contributed by atoms with Crippen LogP contribution in [-0.2, 0) is 19.3 Å². The maximum atomic E-state index is 13.7. The van der Waals surface area contributed by atoms with E-state index in [2.05, 4.69) is 14.9 Å². The second-order valence-electron chi connectivity index (χ2n) is 10.8. The van der Waals surface area contributed by atoms with Gasteiger partial charge in [0.05, 0.1) is 22.7 Å². The summed E-state index contributed by atoms with van der Waals surface area (Å²) in [6.07, 6.45) is -2.06. The molecule has 0 spiro atoms. The lowest BCUT2D eigenvalue weighted by molar-refractivity contribution is -0.137. The van der Waals surface area contributed by atoms with E-state index in [4.69, 9.17) is 5.10 Å². The molecule has 0 radical (unpaired) electrons. The molecule has 0 aliphatic carbocycles. The molecule has 6 rings (SSSR count). The third-order valence-corrected chi connectivity index (χ3v) is 8.17. The Bertz CT molecular complexity index is 1600. The third kappa shape index (κ3) is 4.89. The van der Waals surface area contributed by atoms with Crippen LogP contribution in [0.4, 0.5) is 17.6 Å². The van der Waals surface area contributed by atoms with Crippen LogP contribution in [-0.4, -0.2) is 49.7 Å². The highest BCUT2D eigenvalue weighted by molar-refractivity contribution is 6.01. The van der Waals surface area contributed by atoms with Crippen molar-refractivity contribution in [2.24, 2.45) is 0 Å². The topological polar surface area (TPSA) is 63.9 Å². The number of piperidine rings is 1. The van der Waals surface area contributed by atoms with Crippen molar-refractivity contribution < 1.29 is 22.4 Å². The zero-order valence-corrected chi connectivity index (χ0v) is 22.3. The van der Waals surface area contributed by atoms with Crippen LogP contribution < -0.4 is 0 Å². The standard InChI is InChI=1S/C30H29F4N5O/c1-17-13-19(29-35-15-20-14-21(30(32,33)34)4-6-25(20)36-29)3-5-23(17)24-9-12-39-27(28(24)40)18(2)26(37-39)16-38-10-7-22(31)8-11-38/h3-6,13-15,22,24H,7-12,16H2,1-2H3. The SMILES string of the molecule is Cc1cc(-c2ncc3cc(C(F)(F)F)ccc3n2)ccc1C1CCn2nc(CN3CCC(F)CC3)c(C)c2C1=O. The molecule has 1 saturated heterocycles.